The summed E-state index contributed by atoms with van der Waals surface area (Å²) in [7, 11) is -3.28. The van der Waals surface area contributed by atoms with Gasteiger partial charge in [-0.1, -0.05) is 0 Å². The number of halogens is 1. The molecule has 0 spiro atoms. The van der Waals surface area contributed by atoms with Crippen molar-refractivity contribution in [2.45, 2.75) is 12.8 Å². The maximum atomic E-state index is 11.3. The van der Waals surface area contributed by atoms with Crippen molar-refractivity contribution < 1.29 is 13.5 Å². The molecule has 1 aliphatic rings. The number of aliphatic hydroxyl groups is 1. The fraction of sp³-hybridized carbons (Fsp3) is 1.00. The molecule has 1 fully saturated rings. The van der Waals surface area contributed by atoms with E-state index in [9.17, 15) is 8.42 Å². The summed E-state index contributed by atoms with van der Waals surface area (Å²) in [5.41, 5.74) is 0. The lowest BCUT2D eigenvalue weighted by Crippen LogP contribution is -2.41. The van der Waals surface area contributed by atoms with Crippen LogP contribution in [0, 0.1) is 5.92 Å². The molecule has 0 radical (unpaired) electrons. The molecule has 0 aliphatic carbocycles. The van der Waals surface area contributed by atoms with Crippen LogP contribution >= 0.6 is 11.6 Å². The van der Waals surface area contributed by atoms with Crippen molar-refractivity contribution in [3.63, 3.8) is 0 Å². The number of hydrogen-bond donors (Lipinski definition) is 1. The van der Waals surface area contributed by atoms with Crippen LogP contribution in [-0.4, -0.2) is 42.7 Å². The van der Waals surface area contributed by atoms with E-state index in [0.717, 1.165) is 12.8 Å². The summed E-state index contributed by atoms with van der Waals surface area (Å²) >= 11 is 5.33. The molecule has 0 aromatic heterocycles. The van der Waals surface area contributed by atoms with E-state index in [1.54, 1.807) is 0 Å². The van der Waals surface area contributed by atoms with E-state index in [2.05, 4.69) is 0 Å². The number of hydrogen-bond acceptors (Lipinski definition) is 3. The Morgan fingerprint density at radius 1 is 1.54 bits per heavy atom. The van der Waals surface area contributed by atoms with E-state index < -0.39 is 10.0 Å². The largest absolute Gasteiger partial charge is 0.396 e. The summed E-state index contributed by atoms with van der Waals surface area (Å²) in [5.74, 6) is 0.0757. The maximum Gasteiger partial charge on any atom is 0.228 e. The Morgan fingerprint density at radius 3 is 2.77 bits per heavy atom. The van der Waals surface area contributed by atoms with Crippen LogP contribution in [0.5, 0.6) is 0 Å². The number of piperidine rings is 1. The highest BCUT2D eigenvalue weighted by atomic mass is 35.5. The van der Waals surface area contributed by atoms with E-state index in [1.807, 2.05) is 0 Å². The molecule has 78 valence electrons. The van der Waals surface area contributed by atoms with Crippen LogP contribution < -0.4 is 0 Å². The van der Waals surface area contributed by atoms with Gasteiger partial charge in [0.2, 0.25) is 10.0 Å². The smallest absolute Gasteiger partial charge is 0.228 e. The Kier molecular flexibility index (Phi) is 3.97. The minimum Gasteiger partial charge on any atom is -0.396 e. The summed E-state index contributed by atoms with van der Waals surface area (Å²) in [6, 6.07) is 0. The zero-order valence-corrected chi connectivity index (χ0v) is 8.89. The fourth-order valence-corrected chi connectivity index (χ4v) is 2.89. The topological polar surface area (TPSA) is 57.6 Å². The van der Waals surface area contributed by atoms with Gasteiger partial charge in [0.15, 0.2) is 0 Å². The van der Waals surface area contributed by atoms with E-state index in [1.165, 1.54) is 4.31 Å². The predicted octanol–water partition coefficient (Wildman–Crippen LogP) is 0.217. The molecule has 1 aliphatic heterocycles. The lowest BCUT2D eigenvalue weighted by molar-refractivity contribution is 0.166. The summed E-state index contributed by atoms with van der Waals surface area (Å²) in [6.45, 7) is 0.991. The second-order valence-electron chi connectivity index (χ2n) is 3.27. The van der Waals surface area contributed by atoms with Crippen molar-refractivity contribution in [3.05, 3.63) is 0 Å². The van der Waals surface area contributed by atoms with Crippen LogP contribution in [0.4, 0.5) is 0 Å². The summed E-state index contributed by atoms with van der Waals surface area (Å²) in [6.07, 6.45) is 1.70. The van der Waals surface area contributed by atoms with Gasteiger partial charge in [0.1, 0.15) is 5.21 Å². The fourth-order valence-electron chi connectivity index (χ4n) is 1.50. The van der Waals surface area contributed by atoms with Crippen molar-refractivity contribution in [3.8, 4) is 0 Å². The molecule has 1 unspecified atom stereocenters. The van der Waals surface area contributed by atoms with Gasteiger partial charge < -0.3 is 5.11 Å². The van der Waals surface area contributed by atoms with E-state index in [-0.39, 0.29) is 17.7 Å². The second kappa shape index (κ2) is 4.59. The Morgan fingerprint density at radius 2 is 2.23 bits per heavy atom. The summed E-state index contributed by atoms with van der Waals surface area (Å²) in [5, 5.41) is 8.52. The molecule has 4 nitrogen and oxygen atoms in total. The van der Waals surface area contributed by atoms with E-state index in [0.29, 0.717) is 13.1 Å². The Bertz CT molecular complexity index is 254. The van der Waals surface area contributed by atoms with Crippen LogP contribution in [-0.2, 0) is 10.0 Å². The molecule has 0 aromatic carbocycles. The third-order valence-corrected chi connectivity index (χ3v) is 4.49. The standard InChI is InChI=1S/C7H14ClNO3S/c8-6-13(11,12)9-3-1-2-7(4-9)5-10/h7,10H,1-6H2. The number of alkyl halides is 1. The van der Waals surface area contributed by atoms with Gasteiger partial charge in [0.25, 0.3) is 0 Å². The van der Waals surface area contributed by atoms with Crippen molar-refractivity contribution >= 4 is 21.6 Å². The minimum atomic E-state index is -3.28. The zero-order valence-electron chi connectivity index (χ0n) is 7.32. The third-order valence-electron chi connectivity index (χ3n) is 2.27. The lowest BCUT2D eigenvalue weighted by atomic mass is 10.0. The van der Waals surface area contributed by atoms with Gasteiger partial charge in [-0.15, -0.1) is 11.6 Å². The van der Waals surface area contributed by atoms with Crippen molar-refractivity contribution in [2.24, 2.45) is 5.92 Å². The van der Waals surface area contributed by atoms with Crippen molar-refractivity contribution in [1.82, 2.24) is 4.31 Å². The first-order valence-corrected chi connectivity index (χ1v) is 6.39. The van der Waals surface area contributed by atoms with Gasteiger partial charge >= 0.3 is 0 Å². The van der Waals surface area contributed by atoms with Gasteiger partial charge in [-0.05, 0) is 18.8 Å². The van der Waals surface area contributed by atoms with Crippen LogP contribution in [0.1, 0.15) is 12.8 Å². The molecule has 0 saturated carbocycles. The van der Waals surface area contributed by atoms with Gasteiger partial charge in [0.05, 0.1) is 0 Å². The molecule has 1 saturated heterocycles. The Labute approximate surface area is 83.5 Å². The van der Waals surface area contributed by atoms with Crippen LogP contribution in [0.2, 0.25) is 0 Å². The Balaban J connectivity index is 2.61. The molecule has 1 N–H and O–H groups in total. The van der Waals surface area contributed by atoms with E-state index >= 15 is 0 Å². The maximum absolute atomic E-state index is 11.3. The molecular formula is C7H14ClNO3S. The molecule has 6 heteroatoms. The second-order valence-corrected chi connectivity index (χ2v) is 5.82. The highest BCUT2D eigenvalue weighted by Crippen LogP contribution is 2.19. The third kappa shape index (κ3) is 2.80. The number of aliphatic hydroxyl groups excluding tert-OH is 1. The van der Waals surface area contributed by atoms with Crippen molar-refractivity contribution in [2.75, 3.05) is 24.9 Å². The molecule has 1 atom stereocenters. The van der Waals surface area contributed by atoms with Gasteiger partial charge in [-0.3, -0.25) is 0 Å². The number of rotatable bonds is 3. The Hall–Kier alpha value is 0.160. The van der Waals surface area contributed by atoms with Gasteiger partial charge in [-0.25, -0.2) is 12.7 Å². The van der Waals surface area contributed by atoms with Gasteiger partial charge in [0, 0.05) is 19.7 Å². The minimum absolute atomic E-state index is 0.0499. The first-order chi connectivity index (χ1) is 6.10. The highest BCUT2D eigenvalue weighted by molar-refractivity contribution is 7.90. The summed E-state index contributed by atoms with van der Waals surface area (Å²) in [4.78, 5) is 0. The SMILES string of the molecule is O=S(=O)(CCl)N1CCCC(CO)C1. The number of nitrogens with zero attached hydrogens (tertiary/aromatic N) is 1. The first kappa shape index (κ1) is 11.2. The van der Waals surface area contributed by atoms with Crippen LogP contribution in [0.15, 0.2) is 0 Å². The predicted molar refractivity (Wildman–Crippen MR) is 51.0 cm³/mol. The summed E-state index contributed by atoms with van der Waals surface area (Å²) < 4.78 is 24.0. The molecule has 0 aromatic rings. The van der Waals surface area contributed by atoms with E-state index in [4.69, 9.17) is 16.7 Å². The molecule has 1 rings (SSSR count). The quantitative estimate of drug-likeness (QED) is 0.702. The average Bonchev–Trinajstić information content (AvgIpc) is 2.18. The average molecular weight is 228 g/mol. The zero-order chi connectivity index (χ0) is 9.90. The number of sulfonamides is 1. The normalized spacial score (nSPS) is 26.2. The molecule has 0 bridgehead atoms. The molecule has 1 heterocycles. The first-order valence-electron chi connectivity index (χ1n) is 4.25. The van der Waals surface area contributed by atoms with Crippen LogP contribution in [0.3, 0.4) is 0 Å². The highest BCUT2D eigenvalue weighted by Gasteiger charge is 2.27. The van der Waals surface area contributed by atoms with Crippen molar-refractivity contribution in [1.29, 1.82) is 0 Å². The monoisotopic (exact) mass is 227 g/mol. The van der Waals surface area contributed by atoms with Gasteiger partial charge in [-0.2, -0.15) is 0 Å². The van der Waals surface area contributed by atoms with Crippen LogP contribution in [0.25, 0.3) is 0 Å². The molecule has 0 amide bonds. The molecule has 13 heavy (non-hydrogen) atoms. The molecular weight excluding hydrogens is 214 g/mol. The lowest BCUT2D eigenvalue weighted by Gasteiger charge is -2.30.